The van der Waals surface area contributed by atoms with E-state index in [4.69, 9.17) is 21.1 Å². The average molecular weight is 258 g/mol. The first-order valence-corrected chi connectivity index (χ1v) is 5.89. The Morgan fingerprint density at radius 3 is 2.88 bits per heavy atom. The molecule has 0 saturated carbocycles. The van der Waals surface area contributed by atoms with Crippen molar-refractivity contribution in [3.05, 3.63) is 17.0 Å². The summed E-state index contributed by atoms with van der Waals surface area (Å²) in [4.78, 5) is 8.07. The zero-order valence-corrected chi connectivity index (χ0v) is 10.9. The number of anilines is 1. The molecule has 1 saturated heterocycles. The Balaban J connectivity index is 1.90. The number of halogens is 1. The zero-order chi connectivity index (χ0) is 12.5. The number of nitrogens with one attached hydrogen (secondary N) is 1. The summed E-state index contributed by atoms with van der Waals surface area (Å²) in [6.07, 6.45) is 0.0269. The Hall–Kier alpha value is -0.910. The molecule has 17 heavy (non-hydrogen) atoms. The van der Waals surface area contributed by atoms with Crippen LogP contribution in [0.25, 0.3) is 0 Å². The zero-order valence-electron chi connectivity index (χ0n) is 10.2. The van der Waals surface area contributed by atoms with E-state index in [1.54, 1.807) is 0 Å². The molecule has 0 aliphatic carbocycles. The van der Waals surface area contributed by atoms with Gasteiger partial charge in [0.05, 0.1) is 6.61 Å². The lowest BCUT2D eigenvalue weighted by Crippen LogP contribution is -2.26. The van der Waals surface area contributed by atoms with Gasteiger partial charge in [0, 0.05) is 18.3 Å². The molecule has 1 aliphatic heterocycles. The van der Waals surface area contributed by atoms with Gasteiger partial charge in [0.1, 0.15) is 11.9 Å². The molecule has 0 aromatic carbocycles. The van der Waals surface area contributed by atoms with Crippen LogP contribution >= 0.6 is 11.6 Å². The van der Waals surface area contributed by atoms with E-state index in [9.17, 15) is 0 Å². The minimum atomic E-state index is -0.494. The van der Waals surface area contributed by atoms with Gasteiger partial charge in [-0.1, -0.05) is 0 Å². The van der Waals surface area contributed by atoms with Crippen molar-refractivity contribution in [1.29, 1.82) is 0 Å². The fourth-order valence-electron chi connectivity index (χ4n) is 1.70. The molecule has 0 amide bonds. The van der Waals surface area contributed by atoms with E-state index in [1.165, 1.54) is 0 Å². The summed E-state index contributed by atoms with van der Waals surface area (Å²) in [7, 11) is 0. The van der Waals surface area contributed by atoms with Crippen LogP contribution in [-0.2, 0) is 9.47 Å². The first kappa shape index (κ1) is 12.5. The lowest BCUT2D eigenvalue weighted by molar-refractivity contribution is -0.136. The maximum Gasteiger partial charge on any atom is 0.224 e. The Kier molecular flexibility index (Phi) is 3.51. The average Bonchev–Trinajstić information content (AvgIpc) is 2.54. The molecular formula is C11H16ClN3O2. The molecule has 0 radical (unpaired) electrons. The molecule has 94 valence electrons. The molecule has 1 aromatic heterocycles. The van der Waals surface area contributed by atoms with Gasteiger partial charge < -0.3 is 14.8 Å². The SMILES string of the molecule is Cc1cc(NCC2COC(C)(C)O2)nc(Cl)n1. The van der Waals surface area contributed by atoms with Crippen LogP contribution in [-0.4, -0.2) is 35.0 Å². The van der Waals surface area contributed by atoms with Crippen molar-refractivity contribution >= 4 is 17.4 Å². The second-order valence-electron chi connectivity index (χ2n) is 4.50. The van der Waals surface area contributed by atoms with Gasteiger partial charge in [0.25, 0.3) is 0 Å². The third-order valence-electron chi connectivity index (χ3n) is 2.41. The van der Waals surface area contributed by atoms with E-state index in [0.29, 0.717) is 19.0 Å². The Morgan fingerprint density at radius 1 is 1.53 bits per heavy atom. The second-order valence-corrected chi connectivity index (χ2v) is 4.83. The molecular weight excluding hydrogens is 242 g/mol. The lowest BCUT2D eigenvalue weighted by atomic mass is 10.3. The number of hydrogen-bond donors (Lipinski definition) is 1. The molecule has 1 unspecified atom stereocenters. The van der Waals surface area contributed by atoms with Crippen LogP contribution in [0.2, 0.25) is 5.28 Å². The van der Waals surface area contributed by atoms with Crippen LogP contribution < -0.4 is 5.32 Å². The molecule has 0 spiro atoms. The molecule has 1 N–H and O–H groups in total. The maximum absolute atomic E-state index is 5.77. The fraction of sp³-hybridized carbons (Fsp3) is 0.636. The van der Waals surface area contributed by atoms with Crippen molar-refractivity contribution in [2.75, 3.05) is 18.5 Å². The van der Waals surface area contributed by atoms with Crippen LogP contribution in [0.5, 0.6) is 0 Å². The van der Waals surface area contributed by atoms with E-state index in [-0.39, 0.29) is 11.4 Å². The maximum atomic E-state index is 5.77. The Bertz CT molecular complexity index is 391. The highest BCUT2D eigenvalue weighted by atomic mass is 35.5. The third kappa shape index (κ3) is 3.52. The van der Waals surface area contributed by atoms with Gasteiger partial charge in [-0.2, -0.15) is 0 Å². The summed E-state index contributed by atoms with van der Waals surface area (Å²) in [5, 5.41) is 3.41. The van der Waals surface area contributed by atoms with Crippen molar-refractivity contribution in [3.8, 4) is 0 Å². The first-order valence-electron chi connectivity index (χ1n) is 5.51. The molecule has 6 heteroatoms. The van der Waals surface area contributed by atoms with Crippen LogP contribution in [0, 0.1) is 6.92 Å². The normalized spacial score (nSPS) is 22.7. The molecule has 1 aromatic rings. The smallest absolute Gasteiger partial charge is 0.224 e. The summed E-state index contributed by atoms with van der Waals surface area (Å²) >= 11 is 5.77. The Morgan fingerprint density at radius 2 is 2.29 bits per heavy atom. The van der Waals surface area contributed by atoms with Crippen LogP contribution in [0.3, 0.4) is 0 Å². The van der Waals surface area contributed by atoms with E-state index >= 15 is 0 Å². The van der Waals surface area contributed by atoms with Gasteiger partial charge >= 0.3 is 0 Å². The molecule has 2 heterocycles. The van der Waals surface area contributed by atoms with Crippen molar-refractivity contribution in [2.45, 2.75) is 32.7 Å². The molecule has 1 fully saturated rings. The first-order chi connectivity index (χ1) is 7.94. The van der Waals surface area contributed by atoms with Gasteiger partial charge in [-0.25, -0.2) is 9.97 Å². The van der Waals surface area contributed by atoms with E-state index < -0.39 is 5.79 Å². The van der Waals surface area contributed by atoms with E-state index in [1.807, 2.05) is 26.8 Å². The largest absolute Gasteiger partial charge is 0.367 e. The Labute approximate surface area is 105 Å². The number of ether oxygens (including phenoxy) is 2. The quantitative estimate of drug-likeness (QED) is 0.840. The monoisotopic (exact) mass is 257 g/mol. The fourth-order valence-corrected chi connectivity index (χ4v) is 1.93. The highest BCUT2D eigenvalue weighted by molar-refractivity contribution is 6.28. The van der Waals surface area contributed by atoms with Gasteiger partial charge in [-0.05, 0) is 32.4 Å². The molecule has 1 atom stereocenters. The summed E-state index contributed by atoms with van der Waals surface area (Å²) in [6, 6.07) is 1.84. The topological polar surface area (TPSA) is 56.3 Å². The van der Waals surface area contributed by atoms with E-state index in [2.05, 4.69) is 15.3 Å². The molecule has 0 bridgehead atoms. The predicted molar refractivity (Wildman–Crippen MR) is 65.2 cm³/mol. The number of hydrogen-bond acceptors (Lipinski definition) is 5. The van der Waals surface area contributed by atoms with Crippen molar-refractivity contribution in [3.63, 3.8) is 0 Å². The highest BCUT2D eigenvalue weighted by Gasteiger charge is 2.32. The number of nitrogens with zero attached hydrogens (tertiary/aromatic N) is 2. The van der Waals surface area contributed by atoms with Crippen molar-refractivity contribution in [2.24, 2.45) is 0 Å². The van der Waals surface area contributed by atoms with E-state index in [0.717, 1.165) is 5.69 Å². The molecule has 2 rings (SSSR count). The van der Waals surface area contributed by atoms with Crippen molar-refractivity contribution < 1.29 is 9.47 Å². The van der Waals surface area contributed by atoms with Crippen molar-refractivity contribution in [1.82, 2.24) is 9.97 Å². The lowest BCUT2D eigenvalue weighted by Gasteiger charge is -2.17. The molecule has 1 aliphatic rings. The second kappa shape index (κ2) is 4.76. The summed E-state index contributed by atoms with van der Waals surface area (Å²) < 4.78 is 11.1. The summed E-state index contributed by atoms with van der Waals surface area (Å²) in [5.41, 5.74) is 0.830. The minimum absolute atomic E-state index is 0.0269. The third-order valence-corrected chi connectivity index (χ3v) is 2.57. The van der Waals surface area contributed by atoms with Gasteiger partial charge in [-0.3, -0.25) is 0 Å². The van der Waals surface area contributed by atoms with Crippen LogP contribution in [0.1, 0.15) is 19.5 Å². The predicted octanol–water partition coefficient (Wildman–Crippen LogP) is 2.00. The number of aromatic nitrogens is 2. The number of aryl methyl sites for hydroxylation is 1. The standard InChI is InChI=1S/C11H16ClN3O2/c1-7-4-9(15-10(12)14-7)13-5-8-6-16-11(2,3)17-8/h4,8H,5-6H2,1-3H3,(H,13,14,15). The van der Waals surface area contributed by atoms with Crippen LogP contribution in [0.4, 0.5) is 5.82 Å². The highest BCUT2D eigenvalue weighted by Crippen LogP contribution is 2.22. The van der Waals surface area contributed by atoms with Gasteiger partial charge in [-0.15, -0.1) is 0 Å². The summed E-state index contributed by atoms with van der Waals surface area (Å²) in [6.45, 7) is 6.89. The summed E-state index contributed by atoms with van der Waals surface area (Å²) in [5.74, 6) is 0.210. The van der Waals surface area contributed by atoms with Gasteiger partial charge in [0.2, 0.25) is 5.28 Å². The number of rotatable bonds is 3. The van der Waals surface area contributed by atoms with Gasteiger partial charge in [0.15, 0.2) is 5.79 Å². The minimum Gasteiger partial charge on any atom is -0.367 e. The molecule has 5 nitrogen and oxygen atoms in total. The van der Waals surface area contributed by atoms with Crippen LogP contribution in [0.15, 0.2) is 6.07 Å².